The van der Waals surface area contributed by atoms with Gasteiger partial charge in [-0.2, -0.15) is 5.10 Å². The number of rotatable bonds is 4. The predicted octanol–water partition coefficient (Wildman–Crippen LogP) is 4.39. The Kier molecular flexibility index (Phi) is 3.64. The highest BCUT2D eigenvalue weighted by Gasteiger charge is 2.43. The Morgan fingerprint density at radius 3 is 2.57 bits per heavy atom. The topological polar surface area (TPSA) is 57.8 Å². The van der Waals surface area contributed by atoms with Gasteiger partial charge in [-0.1, -0.05) is 36.6 Å². The van der Waals surface area contributed by atoms with Gasteiger partial charge in [-0.15, -0.1) is 0 Å². The summed E-state index contributed by atoms with van der Waals surface area (Å²) in [6, 6.07) is 9.66. The number of aromatic nitrogens is 2. The molecule has 2 fully saturated rings. The van der Waals surface area contributed by atoms with E-state index in [4.69, 9.17) is 11.6 Å². The molecule has 0 spiro atoms. The molecule has 1 amide bonds. The first-order valence-electron chi connectivity index (χ1n) is 8.30. The minimum absolute atomic E-state index is 0.0474. The average Bonchev–Trinajstić information content (AvgIpc) is 3.09. The summed E-state index contributed by atoms with van der Waals surface area (Å²) >= 11 is 6.00. The van der Waals surface area contributed by atoms with Crippen LogP contribution in [0.1, 0.15) is 55.7 Å². The normalized spacial score (nSPS) is 19.7. The van der Waals surface area contributed by atoms with E-state index in [2.05, 4.69) is 15.5 Å². The molecule has 4 rings (SSSR count). The number of nitrogens with zero attached hydrogens (tertiary/aromatic N) is 1. The fraction of sp³-hybridized carbons (Fsp3) is 0.444. The fourth-order valence-corrected chi connectivity index (χ4v) is 3.76. The molecule has 1 aromatic heterocycles. The summed E-state index contributed by atoms with van der Waals surface area (Å²) in [4.78, 5) is 13.0. The second-order valence-electron chi connectivity index (χ2n) is 6.73. The maximum atomic E-state index is 13.0. The predicted molar refractivity (Wildman–Crippen MR) is 90.8 cm³/mol. The van der Waals surface area contributed by atoms with Gasteiger partial charge in [0.15, 0.2) is 5.82 Å². The number of amides is 1. The van der Waals surface area contributed by atoms with Crippen LogP contribution in [0, 0.1) is 0 Å². The fourth-order valence-electron chi connectivity index (χ4n) is 3.63. The van der Waals surface area contributed by atoms with Crippen LogP contribution in [0.25, 0.3) is 0 Å². The van der Waals surface area contributed by atoms with Gasteiger partial charge in [0.05, 0.1) is 5.41 Å². The Labute approximate surface area is 140 Å². The van der Waals surface area contributed by atoms with E-state index in [1.165, 1.54) is 12.8 Å². The van der Waals surface area contributed by atoms with E-state index in [0.29, 0.717) is 16.8 Å². The van der Waals surface area contributed by atoms with Crippen LogP contribution in [0.3, 0.4) is 0 Å². The summed E-state index contributed by atoms with van der Waals surface area (Å²) in [6.07, 6.45) is 6.32. The molecule has 0 radical (unpaired) electrons. The van der Waals surface area contributed by atoms with Crippen LogP contribution in [0.4, 0.5) is 5.82 Å². The number of anilines is 1. The highest BCUT2D eigenvalue weighted by atomic mass is 35.5. The van der Waals surface area contributed by atoms with Crippen LogP contribution in [-0.2, 0) is 10.2 Å². The Hall–Kier alpha value is -1.81. The number of carbonyl (C=O) groups excluding carboxylic acids is 1. The molecular weight excluding hydrogens is 310 g/mol. The lowest BCUT2D eigenvalue weighted by molar-refractivity contribution is -0.121. The number of hydrogen-bond donors (Lipinski definition) is 2. The smallest absolute Gasteiger partial charge is 0.236 e. The second kappa shape index (κ2) is 5.68. The lowest BCUT2D eigenvalue weighted by Crippen LogP contribution is -2.38. The zero-order valence-electron chi connectivity index (χ0n) is 12.9. The van der Waals surface area contributed by atoms with Crippen molar-refractivity contribution >= 4 is 23.3 Å². The molecule has 2 aliphatic carbocycles. The molecule has 0 atom stereocenters. The molecule has 0 unspecified atom stereocenters. The van der Waals surface area contributed by atoms with Gasteiger partial charge in [-0.25, -0.2) is 0 Å². The molecule has 0 aliphatic heterocycles. The van der Waals surface area contributed by atoms with E-state index < -0.39 is 5.41 Å². The molecule has 1 heterocycles. The first kappa shape index (κ1) is 14.8. The maximum Gasteiger partial charge on any atom is 0.236 e. The van der Waals surface area contributed by atoms with Crippen molar-refractivity contribution in [3.63, 3.8) is 0 Å². The minimum atomic E-state index is -0.455. The lowest BCUT2D eigenvalue weighted by Gasteiger charge is -2.28. The average molecular weight is 330 g/mol. The van der Waals surface area contributed by atoms with Crippen LogP contribution >= 0.6 is 11.6 Å². The quantitative estimate of drug-likeness (QED) is 0.874. The summed E-state index contributed by atoms with van der Waals surface area (Å²) in [5, 5.41) is 11.0. The van der Waals surface area contributed by atoms with Gasteiger partial charge in [0.25, 0.3) is 0 Å². The van der Waals surface area contributed by atoms with Gasteiger partial charge in [0, 0.05) is 22.7 Å². The molecule has 120 valence electrons. The molecule has 2 N–H and O–H groups in total. The van der Waals surface area contributed by atoms with E-state index in [1.54, 1.807) is 0 Å². The zero-order valence-corrected chi connectivity index (χ0v) is 13.7. The number of nitrogens with one attached hydrogen (secondary N) is 2. The number of halogens is 1. The summed E-state index contributed by atoms with van der Waals surface area (Å²) in [6.45, 7) is 0. The highest BCUT2D eigenvalue weighted by Crippen LogP contribution is 2.43. The van der Waals surface area contributed by atoms with Crippen molar-refractivity contribution in [2.24, 2.45) is 0 Å². The molecule has 4 nitrogen and oxygen atoms in total. The monoisotopic (exact) mass is 329 g/mol. The molecule has 0 bridgehead atoms. The minimum Gasteiger partial charge on any atom is -0.308 e. The third-order valence-corrected chi connectivity index (χ3v) is 5.40. The Balaban J connectivity index is 1.58. The van der Waals surface area contributed by atoms with Gasteiger partial charge in [-0.05, 0) is 43.4 Å². The van der Waals surface area contributed by atoms with E-state index in [1.807, 2.05) is 30.3 Å². The maximum absolute atomic E-state index is 13.0. The van der Waals surface area contributed by atoms with Crippen LogP contribution in [0.2, 0.25) is 5.02 Å². The third kappa shape index (κ3) is 2.76. The van der Waals surface area contributed by atoms with Crippen LogP contribution in [0.15, 0.2) is 30.3 Å². The van der Waals surface area contributed by atoms with Gasteiger partial charge in [-0.3, -0.25) is 9.89 Å². The SMILES string of the molecule is O=C(Nc1cc(C2CC2)[nH]n1)C1(c2ccc(Cl)cc2)CCCC1. The highest BCUT2D eigenvalue weighted by molar-refractivity contribution is 6.30. The first-order chi connectivity index (χ1) is 11.2. The van der Waals surface area contributed by atoms with Gasteiger partial charge in [0.2, 0.25) is 5.91 Å². The lowest BCUT2D eigenvalue weighted by atomic mass is 9.78. The molecule has 2 aromatic rings. The van der Waals surface area contributed by atoms with Crippen LogP contribution in [0.5, 0.6) is 0 Å². The summed E-state index contributed by atoms with van der Waals surface area (Å²) in [5.41, 5.74) is 1.73. The first-order valence-corrected chi connectivity index (χ1v) is 8.68. The number of H-pyrrole nitrogens is 1. The van der Waals surface area contributed by atoms with Crippen LogP contribution in [-0.4, -0.2) is 16.1 Å². The Morgan fingerprint density at radius 2 is 1.91 bits per heavy atom. The van der Waals surface area contributed by atoms with Crippen molar-refractivity contribution in [2.45, 2.75) is 49.9 Å². The second-order valence-corrected chi connectivity index (χ2v) is 7.17. The summed E-state index contributed by atoms with van der Waals surface area (Å²) in [5.74, 6) is 1.29. The van der Waals surface area contributed by atoms with E-state index in [9.17, 15) is 4.79 Å². The molecule has 23 heavy (non-hydrogen) atoms. The van der Waals surface area contributed by atoms with Crippen molar-refractivity contribution in [3.05, 3.63) is 46.6 Å². The van der Waals surface area contributed by atoms with E-state index in [-0.39, 0.29) is 5.91 Å². The van der Waals surface area contributed by atoms with Crippen LogP contribution < -0.4 is 5.32 Å². The van der Waals surface area contributed by atoms with Gasteiger partial charge >= 0.3 is 0 Å². The number of aromatic amines is 1. The van der Waals surface area contributed by atoms with Crippen molar-refractivity contribution in [2.75, 3.05) is 5.32 Å². The number of carbonyl (C=O) groups is 1. The molecule has 2 saturated carbocycles. The number of benzene rings is 1. The largest absolute Gasteiger partial charge is 0.308 e. The molecule has 5 heteroatoms. The Bertz CT molecular complexity index is 712. The van der Waals surface area contributed by atoms with Gasteiger partial charge < -0.3 is 5.32 Å². The zero-order chi connectivity index (χ0) is 15.9. The standard InChI is InChI=1S/C18H20ClN3O/c19-14-7-5-13(6-8-14)18(9-1-2-10-18)17(23)20-16-11-15(21-22-16)12-3-4-12/h5-8,11-12H,1-4,9-10H2,(H2,20,21,22,23). The Morgan fingerprint density at radius 1 is 1.22 bits per heavy atom. The molecular formula is C18H20ClN3O. The summed E-state index contributed by atoms with van der Waals surface area (Å²) in [7, 11) is 0. The van der Waals surface area contributed by atoms with Crippen molar-refractivity contribution < 1.29 is 4.79 Å². The molecule has 0 saturated heterocycles. The van der Waals surface area contributed by atoms with Crippen molar-refractivity contribution in [1.82, 2.24) is 10.2 Å². The molecule has 1 aromatic carbocycles. The summed E-state index contributed by atoms with van der Waals surface area (Å²) < 4.78 is 0. The number of hydrogen-bond acceptors (Lipinski definition) is 2. The molecule has 2 aliphatic rings. The third-order valence-electron chi connectivity index (χ3n) is 5.15. The van der Waals surface area contributed by atoms with Gasteiger partial charge in [0.1, 0.15) is 0 Å². The van der Waals surface area contributed by atoms with E-state index in [0.717, 1.165) is 36.9 Å². The van der Waals surface area contributed by atoms with Crippen molar-refractivity contribution in [3.8, 4) is 0 Å². The van der Waals surface area contributed by atoms with Crippen molar-refractivity contribution in [1.29, 1.82) is 0 Å². The van der Waals surface area contributed by atoms with E-state index >= 15 is 0 Å².